The van der Waals surface area contributed by atoms with Crippen LogP contribution < -0.4 is 10.3 Å². The number of anilines is 1. The van der Waals surface area contributed by atoms with Gasteiger partial charge in [0.2, 0.25) is 10.9 Å². The summed E-state index contributed by atoms with van der Waals surface area (Å²) in [6.07, 6.45) is 0.633. The van der Waals surface area contributed by atoms with Crippen LogP contribution in [0.25, 0.3) is 11.0 Å². The molecule has 0 radical (unpaired) electrons. The zero-order valence-corrected chi connectivity index (χ0v) is 17.9. The van der Waals surface area contributed by atoms with E-state index < -0.39 is 16.9 Å². The van der Waals surface area contributed by atoms with E-state index in [0.29, 0.717) is 28.1 Å². The Hall–Kier alpha value is -3.92. The fourth-order valence-electron chi connectivity index (χ4n) is 3.89. The van der Waals surface area contributed by atoms with E-state index in [1.54, 1.807) is 24.3 Å². The van der Waals surface area contributed by atoms with E-state index >= 15 is 0 Å². The fourth-order valence-corrected chi connectivity index (χ4v) is 4.70. The van der Waals surface area contributed by atoms with E-state index in [-0.39, 0.29) is 22.4 Å². The maximum absolute atomic E-state index is 13.6. The third-order valence-electron chi connectivity index (χ3n) is 5.39. The molecule has 1 aliphatic rings. The molecule has 2 aromatic carbocycles. The van der Waals surface area contributed by atoms with Gasteiger partial charge in [0.1, 0.15) is 10.6 Å². The molecule has 3 heterocycles. The molecule has 0 saturated heterocycles. The monoisotopic (exact) mass is 448 g/mol. The first kappa shape index (κ1) is 20.0. The Morgan fingerprint density at radius 2 is 2.00 bits per heavy atom. The molecule has 1 atom stereocenters. The summed E-state index contributed by atoms with van der Waals surface area (Å²) in [6.45, 7) is 3.78. The molecule has 0 unspecified atom stereocenters. The van der Waals surface area contributed by atoms with E-state index in [4.69, 9.17) is 4.42 Å². The van der Waals surface area contributed by atoms with Crippen molar-refractivity contribution in [2.75, 3.05) is 4.90 Å². The van der Waals surface area contributed by atoms with Crippen molar-refractivity contribution >= 4 is 39.0 Å². The second kappa shape index (κ2) is 7.34. The number of benzene rings is 2. The zero-order valence-electron chi connectivity index (χ0n) is 17.1. The molecule has 1 amide bonds. The van der Waals surface area contributed by atoms with Gasteiger partial charge in [-0.1, -0.05) is 42.0 Å². The summed E-state index contributed by atoms with van der Waals surface area (Å²) in [6, 6.07) is 10.1. The lowest BCUT2D eigenvalue weighted by Gasteiger charge is -2.21. The van der Waals surface area contributed by atoms with Gasteiger partial charge in [-0.15, -0.1) is 10.2 Å². The molecule has 9 nitrogen and oxygen atoms in total. The number of aryl methyl sites for hydroxylation is 2. The molecule has 0 bridgehead atoms. The quantitative estimate of drug-likeness (QED) is 0.339. The molecule has 5 rings (SSSR count). The van der Waals surface area contributed by atoms with Gasteiger partial charge in [0.15, 0.2) is 5.43 Å². The molecule has 0 N–H and O–H groups in total. The van der Waals surface area contributed by atoms with E-state index in [9.17, 15) is 19.7 Å². The Morgan fingerprint density at radius 1 is 1.19 bits per heavy atom. The van der Waals surface area contributed by atoms with Gasteiger partial charge >= 0.3 is 0 Å². The number of hydrogen-bond donors (Lipinski definition) is 0. The minimum Gasteiger partial charge on any atom is -0.450 e. The molecule has 10 heteroatoms. The number of rotatable bonds is 4. The fraction of sp³-hybridized carbons (Fsp3) is 0.182. The van der Waals surface area contributed by atoms with Crippen LogP contribution in [0, 0.1) is 17.0 Å². The highest BCUT2D eigenvalue weighted by atomic mass is 32.1. The van der Waals surface area contributed by atoms with E-state index in [0.717, 1.165) is 10.6 Å². The summed E-state index contributed by atoms with van der Waals surface area (Å²) in [4.78, 5) is 39.2. The summed E-state index contributed by atoms with van der Waals surface area (Å²) in [7, 11) is 0. The van der Waals surface area contributed by atoms with Gasteiger partial charge in [0, 0.05) is 12.1 Å². The smallest absolute Gasteiger partial charge is 0.297 e. The molecule has 160 valence electrons. The molecule has 0 aliphatic carbocycles. The van der Waals surface area contributed by atoms with Crippen molar-refractivity contribution in [3.63, 3.8) is 0 Å². The Labute approximate surface area is 185 Å². The van der Waals surface area contributed by atoms with Crippen LogP contribution in [0.15, 0.2) is 51.7 Å². The van der Waals surface area contributed by atoms with Crippen molar-refractivity contribution in [3.05, 3.63) is 90.3 Å². The molecule has 1 aliphatic heterocycles. The van der Waals surface area contributed by atoms with Crippen LogP contribution in [0.1, 0.15) is 45.2 Å². The van der Waals surface area contributed by atoms with Crippen LogP contribution >= 0.6 is 11.3 Å². The highest BCUT2D eigenvalue weighted by Gasteiger charge is 2.45. The summed E-state index contributed by atoms with van der Waals surface area (Å²) < 4.78 is 5.90. The predicted octanol–water partition coefficient (Wildman–Crippen LogP) is 4.17. The first-order valence-corrected chi connectivity index (χ1v) is 10.7. The van der Waals surface area contributed by atoms with Gasteiger partial charge < -0.3 is 4.42 Å². The SMILES string of the molecule is CCc1nnc(N2C(=O)c3oc4ccc(C)cc4c(=O)c3[C@@H]2c2cccc([N+](=O)[O-])c2)s1. The van der Waals surface area contributed by atoms with Gasteiger partial charge in [0.25, 0.3) is 11.6 Å². The van der Waals surface area contributed by atoms with Gasteiger partial charge in [-0.25, -0.2) is 0 Å². The normalized spacial score (nSPS) is 15.4. The first-order valence-electron chi connectivity index (χ1n) is 9.86. The number of non-ortho nitro benzene ring substituents is 1. The topological polar surface area (TPSA) is 119 Å². The van der Waals surface area contributed by atoms with Crippen molar-refractivity contribution in [2.45, 2.75) is 26.3 Å². The summed E-state index contributed by atoms with van der Waals surface area (Å²) in [5.41, 5.74) is 1.24. The predicted molar refractivity (Wildman–Crippen MR) is 118 cm³/mol. The highest BCUT2D eigenvalue weighted by Crippen LogP contribution is 2.42. The van der Waals surface area contributed by atoms with Gasteiger partial charge in [-0.05, 0) is 31.0 Å². The second-order valence-electron chi connectivity index (χ2n) is 7.44. The van der Waals surface area contributed by atoms with E-state index in [1.165, 1.54) is 34.4 Å². The molecule has 32 heavy (non-hydrogen) atoms. The van der Waals surface area contributed by atoms with Crippen LogP contribution in [0.3, 0.4) is 0 Å². The Bertz CT molecular complexity index is 1470. The number of hydrogen-bond acceptors (Lipinski definition) is 8. The number of aromatic nitrogens is 2. The molecule has 0 fully saturated rings. The highest BCUT2D eigenvalue weighted by molar-refractivity contribution is 7.15. The third kappa shape index (κ3) is 2.99. The molecule has 0 spiro atoms. The summed E-state index contributed by atoms with van der Waals surface area (Å²) >= 11 is 1.23. The van der Waals surface area contributed by atoms with Crippen LogP contribution in [0.2, 0.25) is 0 Å². The molecular formula is C22H16N4O5S. The number of fused-ring (bicyclic) bond motifs is 2. The van der Waals surface area contributed by atoms with Gasteiger partial charge in [0.05, 0.1) is 21.9 Å². The third-order valence-corrected chi connectivity index (χ3v) is 6.45. The number of nitro benzene ring substituents is 1. The number of nitro groups is 1. The van der Waals surface area contributed by atoms with Crippen LogP contribution in [-0.4, -0.2) is 21.0 Å². The molecule has 2 aromatic heterocycles. The average Bonchev–Trinajstić information content (AvgIpc) is 3.37. The van der Waals surface area contributed by atoms with E-state index in [1.807, 2.05) is 13.8 Å². The number of amides is 1. The summed E-state index contributed by atoms with van der Waals surface area (Å²) in [5.74, 6) is -0.619. The number of carbonyl (C=O) groups is 1. The Kier molecular flexibility index (Phi) is 4.59. The Morgan fingerprint density at radius 3 is 2.72 bits per heavy atom. The number of nitrogens with zero attached hydrogens (tertiary/aromatic N) is 4. The maximum Gasteiger partial charge on any atom is 0.297 e. The maximum atomic E-state index is 13.6. The van der Waals surface area contributed by atoms with Crippen LogP contribution in [0.4, 0.5) is 10.8 Å². The van der Waals surface area contributed by atoms with Crippen LogP contribution in [0.5, 0.6) is 0 Å². The first-order chi connectivity index (χ1) is 15.4. The van der Waals surface area contributed by atoms with Crippen molar-refractivity contribution in [3.8, 4) is 0 Å². The van der Waals surface area contributed by atoms with Crippen molar-refractivity contribution in [1.82, 2.24) is 10.2 Å². The van der Waals surface area contributed by atoms with E-state index in [2.05, 4.69) is 10.2 Å². The minimum atomic E-state index is -0.920. The van der Waals surface area contributed by atoms with Crippen molar-refractivity contribution in [1.29, 1.82) is 0 Å². The molecule has 0 saturated carbocycles. The molecule has 4 aromatic rings. The zero-order chi connectivity index (χ0) is 22.6. The van der Waals surface area contributed by atoms with Crippen LogP contribution in [-0.2, 0) is 6.42 Å². The Balaban J connectivity index is 1.81. The second-order valence-corrected chi connectivity index (χ2v) is 8.48. The minimum absolute atomic E-state index is 0.0869. The lowest BCUT2D eigenvalue weighted by Crippen LogP contribution is -2.29. The lowest BCUT2D eigenvalue weighted by atomic mass is 9.98. The standard InChI is InChI=1S/C22H16N4O5S/c1-3-16-23-24-22(32-16)25-18(12-5-4-6-13(10-12)26(29)30)17-19(27)14-9-11(2)7-8-15(14)31-20(17)21(25)28/h4-10,18H,3H2,1-2H3/t18-/m0/s1. The van der Waals surface area contributed by atoms with Crippen molar-refractivity contribution < 1.29 is 14.1 Å². The largest absolute Gasteiger partial charge is 0.450 e. The average molecular weight is 448 g/mol. The van der Waals surface area contributed by atoms with Gasteiger partial charge in [-0.3, -0.25) is 24.6 Å². The number of carbonyl (C=O) groups excluding carboxylic acids is 1. The summed E-state index contributed by atoms with van der Waals surface area (Å²) in [5, 5.41) is 21.0. The van der Waals surface area contributed by atoms with Gasteiger partial charge in [-0.2, -0.15) is 0 Å². The van der Waals surface area contributed by atoms with Crippen molar-refractivity contribution in [2.24, 2.45) is 0 Å². The lowest BCUT2D eigenvalue weighted by molar-refractivity contribution is -0.384. The molecular weight excluding hydrogens is 432 g/mol.